The predicted octanol–water partition coefficient (Wildman–Crippen LogP) is 2.80. The third-order valence-corrected chi connectivity index (χ3v) is 4.15. The number of benzene rings is 1. The molecule has 1 fully saturated rings. The number of hydrogen-bond acceptors (Lipinski definition) is 3. The average molecular weight is 275 g/mol. The van der Waals surface area contributed by atoms with E-state index >= 15 is 0 Å². The van der Waals surface area contributed by atoms with Crippen LogP contribution in [0.2, 0.25) is 0 Å². The molecule has 0 aromatic heterocycles. The van der Waals surface area contributed by atoms with Gasteiger partial charge >= 0.3 is 0 Å². The highest BCUT2D eigenvalue weighted by molar-refractivity contribution is 5.96. The molecule has 1 unspecified atom stereocenters. The van der Waals surface area contributed by atoms with E-state index in [9.17, 15) is 9.90 Å². The molecule has 0 aliphatic carbocycles. The summed E-state index contributed by atoms with van der Waals surface area (Å²) in [7, 11) is 0. The van der Waals surface area contributed by atoms with E-state index in [-0.39, 0.29) is 5.78 Å². The van der Waals surface area contributed by atoms with Crippen LogP contribution in [0, 0.1) is 6.92 Å². The number of hydrogen-bond donors (Lipinski definition) is 1. The zero-order valence-electron chi connectivity index (χ0n) is 12.6. The number of aryl methyl sites for hydroxylation is 1. The molecule has 20 heavy (non-hydrogen) atoms. The zero-order valence-corrected chi connectivity index (χ0v) is 12.6. The van der Waals surface area contributed by atoms with E-state index < -0.39 is 5.60 Å². The highest BCUT2D eigenvalue weighted by atomic mass is 16.3. The number of ketones is 1. The number of aliphatic hydroxyl groups is 1. The Kier molecular flexibility index (Phi) is 4.95. The summed E-state index contributed by atoms with van der Waals surface area (Å²) in [4.78, 5) is 14.5. The van der Waals surface area contributed by atoms with Crippen LogP contribution >= 0.6 is 0 Å². The molecular weight excluding hydrogens is 250 g/mol. The Bertz CT molecular complexity index is 468. The second-order valence-electron chi connectivity index (χ2n) is 6.23. The molecular formula is C17H25NO2. The van der Waals surface area contributed by atoms with Crippen LogP contribution in [0.4, 0.5) is 0 Å². The van der Waals surface area contributed by atoms with Gasteiger partial charge < -0.3 is 10.0 Å². The minimum Gasteiger partial charge on any atom is -0.390 e. The van der Waals surface area contributed by atoms with E-state index in [2.05, 4.69) is 4.90 Å². The second kappa shape index (κ2) is 6.51. The Hall–Kier alpha value is -1.19. The van der Waals surface area contributed by atoms with Crippen LogP contribution in [-0.4, -0.2) is 41.0 Å². The van der Waals surface area contributed by atoms with Gasteiger partial charge in [-0.25, -0.2) is 0 Å². The Morgan fingerprint density at radius 1 is 1.35 bits per heavy atom. The van der Waals surface area contributed by atoms with E-state index in [1.54, 1.807) is 0 Å². The maximum Gasteiger partial charge on any atom is 0.164 e. The van der Waals surface area contributed by atoms with Crippen molar-refractivity contribution in [2.24, 2.45) is 0 Å². The highest BCUT2D eigenvalue weighted by Crippen LogP contribution is 2.21. The standard InChI is InChI=1S/C17H25NO2/c1-14-5-3-6-15(13-14)16(19)7-11-18-10-4-8-17(2,20)9-12-18/h3,5-6,13,20H,4,7-12H2,1-2H3. The zero-order chi connectivity index (χ0) is 14.6. The summed E-state index contributed by atoms with van der Waals surface area (Å²) >= 11 is 0. The fourth-order valence-corrected chi connectivity index (χ4v) is 2.77. The van der Waals surface area contributed by atoms with Gasteiger partial charge in [-0.05, 0) is 45.7 Å². The average Bonchev–Trinajstić information content (AvgIpc) is 2.57. The molecule has 0 radical (unpaired) electrons. The van der Waals surface area contributed by atoms with E-state index in [4.69, 9.17) is 0 Å². The van der Waals surface area contributed by atoms with Gasteiger partial charge in [-0.15, -0.1) is 0 Å². The van der Waals surface area contributed by atoms with Crippen LogP contribution in [-0.2, 0) is 0 Å². The summed E-state index contributed by atoms with van der Waals surface area (Å²) < 4.78 is 0. The minimum absolute atomic E-state index is 0.213. The van der Waals surface area contributed by atoms with Gasteiger partial charge in [-0.2, -0.15) is 0 Å². The molecule has 1 aliphatic heterocycles. The Labute approximate surface area is 121 Å². The lowest BCUT2D eigenvalue weighted by atomic mass is 9.98. The van der Waals surface area contributed by atoms with Crippen molar-refractivity contribution in [2.75, 3.05) is 19.6 Å². The van der Waals surface area contributed by atoms with Gasteiger partial charge in [-0.3, -0.25) is 4.79 Å². The Morgan fingerprint density at radius 3 is 2.90 bits per heavy atom. The summed E-state index contributed by atoms with van der Waals surface area (Å²) in [6.07, 6.45) is 3.22. The summed E-state index contributed by atoms with van der Waals surface area (Å²) in [6.45, 7) is 6.58. The van der Waals surface area contributed by atoms with Crippen molar-refractivity contribution in [3.8, 4) is 0 Å². The van der Waals surface area contributed by atoms with Crippen LogP contribution in [0.5, 0.6) is 0 Å². The second-order valence-corrected chi connectivity index (χ2v) is 6.23. The number of carbonyl (C=O) groups is 1. The van der Waals surface area contributed by atoms with Gasteiger partial charge in [0.2, 0.25) is 0 Å². The quantitative estimate of drug-likeness (QED) is 0.859. The SMILES string of the molecule is Cc1cccc(C(=O)CCN2CCCC(C)(O)CC2)c1. The fraction of sp³-hybridized carbons (Fsp3) is 0.588. The van der Waals surface area contributed by atoms with Gasteiger partial charge in [0.05, 0.1) is 5.60 Å². The molecule has 110 valence electrons. The molecule has 1 N–H and O–H groups in total. The van der Waals surface area contributed by atoms with Crippen LogP contribution in [0.25, 0.3) is 0 Å². The van der Waals surface area contributed by atoms with Crippen molar-refractivity contribution in [1.29, 1.82) is 0 Å². The molecule has 0 amide bonds. The van der Waals surface area contributed by atoms with Crippen LogP contribution < -0.4 is 0 Å². The van der Waals surface area contributed by atoms with E-state index in [0.717, 1.165) is 50.0 Å². The van der Waals surface area contributed by atoms with Crippen molar-refractivity contribution in [3.05, 3.63) is 35.4 Å². The van der Waals surface area contributed by atoms with Gasteiger partial charge in [0.25, 0.3) is 0 Å². The topological polar surface area (TPSA) is 40.5 Å². The fourth-order valence-electron chi connectivity index (χ4n) is 2.77. The van der Waals surface area contributed by atoms with Crippen molar-refractivity contribution < 1.29 is 9.90 Å². The van der Waals surface area contributed by atoms with Crippen LogP contribution in [0.15, 0.2) is 24.3 Å². The number of nitrogens with zero attached hydrogens (tertiary/aromatic N) is 1. The third kappa shape index (κ3) is 4.43. The summed E-state index contributed by atoms with van der Waals surface area (Å²) in [5.41, 5.74) is 1.41. The molecule has 1 saturated heterocycles. The molecule has 1 aromatic rings. The molecule has 2 rings (SSSR count). The first-order valence-electron chi connectivity index (χ1n) is 7.51. The van der Waals surface area contributed by atoms with Crippen molar-refractivity contribution in [3.63, 3.8) is 0 Å². The largest absolute Gasteiger partial charge is 0.390 e. The maximum absolute atomic E-state index is 12.2. The van der Waals surface area contributed by atoms with Crippen LogP contribution in [0.3, 0.4) is 0 Å². The monoisotopic (exact) mass is 275 g/mol. The van der Waals surface area contributed by atoms with E-state index in [0.29, 0.717) is 6.42 Å². The molecule has 0 spiro atoms. The van der Waals surface area contributed by atoms with Gasteiger partial charge in [0, 0.05) is 25.1 Å². The molecule has 0 bridgehead atoms. The molecule has 1 aromatic carbocycles. The first-order valence-corrected chi connectivity index (χ1v) is 7.51. The van der Waals surface area contributed by atoms with Crippen molar-refractivity contribution in [1.82, 2.24) is 4.90 Å². The lowest BCUT2D eigenvalue weighted by Gasteiger charge is -2.22. The minimum atomic E-state index is -0.532. The summed E-state index contributed by atoms with van der Waals surface area (Å²) in [5.74, 6) is 0.213. The molecule has 1 aliphatic rings. The summed E-state index contributed by atoms with van der Waals surface area (Å²) in [6, 6.07) is 7.79. The predicted molar refractivity (Wildman–Crippen MR) is 81.0 cm³/mol. The number of likely N-dealkylation sites (tertiary alicyclic amines) is 1. The Morgan fingerprint density at radius 2 is 2.15 bits per heavy atom. The number of carbonyl (C=O) groups excluding carboxylic acids is 1. The maximum atomic E-state index is 12.2. The van der Waals surface area contributed by atoms with E-state index in [1.165, 1.54) is 0 Å². The third-order valence-electron chi connectivity index (χ3n) is 4.15. The van der Waals surface area contributed by atoms with Crippen molar-refractivity contribution >= 4 is 5.78 Å². The van der Waals surface area contributed by atoms with E-state index in [1.807, 2.05) is 38.1 Å². The lowest BCUT2D eigenvalue weighted by molar-refractivity contribution is 0.0447. The van der Waals surface area contributed by atoms with Gasteiger partial charge in [-0.1, -0.05) is 23.8 Å². The first-order chi connectivity index (χ1) is 9.46. The lowest BCUT2D eigenvalue weighted by Crippen LogP contribution is -2.30. The van der Waals surface area contributed by atoms with Gasteiger partial charge in [0.15, 0.2) is 5.78 Å². The van der Waals surface area contributed by atoms with Gasteiger partial charge in [0.1, 0.15) is 0 Å². The summed E-state index contributed by atoms with van der Waals surface area (Å²) in [5, 5.41) is 10.1. The molecule has 1 heterocycles. The molecule has 0 saturated carbocycles. The normalized spacial score (nSPS) is 24.4. The molecule has 3 heteroatoms. The molecule has 3 nitrogen and oxygen atoms in total. The number of Topliss-reactive ketones (excluding diaryl/α,β-unsaturated/α-hetero) is 1. The first kappa shape index (κ1) is 15.2. The highest BCUT2D eigenvalue weighted by Gasteiger charge is 2.24. The number of rotatable bonds is 4. The van der Waals surface area contributed by atoms with Crippen molar-refractivity contribution in [2.45, 2.75) is 45.1 Å². The van der Waals surface area contributed by atoms with Crippen LogP contribution in [0.1, 0.15) is 48.5 Å². The molecule has 1 atom stereocenters. The smallest absolute Gasteiger partial charge is 0.164 e. The Balaban J connectivity index is 1.84.